The monoisotopic (exact) mass is 375 g/mol. The average Bonchev–Trinajstić information content (AvgIpc) is 3.37. The number of hydrogen-bond donors (Lipinski definition) is 1. The number of benzene rings is 1. The third-order valence-electron chi connectivity index (χ3n) is 4.55. The molecule has 0 atom stereocenters. The molecule has 1 N–H and O–H groups in total. The van der Waals surface area contributed by atoms with Gasteiger partial charge < -0.3 is 5.32 Å². The molecule has 3 heterocycles. The number of aromatic nitrogens is 6. The maximum Gasteiger partial charge on any atom is 0.270 e. The number of carbonyl (C=O) groups is 1. The van der Waals surface area contributed by atoms with Crippen LogP contribution < -0.4 is 5.32 Å². The van der Waals surface area contributed by atoms with Crippen molar-refractivity contribution < 1.29 is 4.79 Å². The largest absolute Gasteiger partial charge is 0.347 e. The van der Waals surface area contributed by atoms with Crippen molar-refractivity contribution in [2.45, 2.75) is 32.9 Å². The molecule has 0 unspecified atom stereocenters. The highest BCUT2D eigenvalue weighted by Crippen LogP contribution is 2.16. The second-order valence-electron chi connectivity index (χ2n) is 6.85. The van der Waals surface area contributed by atoms with E-state index in [4.69, 9.17) is 0 Å². The van der Waals surface area contributed by atoms with Gasteiger partial charge in [-0.25, -0.2) is 9.50 Å². The van der Waals surface area contributed by atoms with Crippen molar-refractivity contribution in [3.8, 4) is 0 Å². The predicted molar refractivity (Wildman–Crippen MR) is 104 cm³/mol. The van der Waals surface area contributed by atoms with E-state index in [-0.39, 0.29) is 11.8 Å². The maximum absolute atomic E-state index is 12.7. The highest BCUT2D eigenvalue weighted by Gasteiger charge is 2.15. The van der Waals surface area contributed by atoms with E-state index in [0.29, 0.717) is 24.6 Å². The Hall–Kier alpha value is -3.55. The fourth-order valence-electron chi connectivity index (χ4n) is 3.08. The van der Waals surface area contributed by atoms with Crippen molar-refractivity contribution in [2.24, 2.45) is 0 Å². The van der Waals surface area contributed by atoms with E-state index >= 15 is 0 Å². The molecule has 0 saturated carbocycles. The fourth-order valence-corrected chi connectivity index (χ4v) is 3.08. The van der Waals surface area contributed by atoms with Gasteiger partial charge in [0.25, 0.3) is 11.7 Å². The molecule has 1 amide bonds. The van der Waals surface area contributed by atoms with Crippen molar-refractivity contribution in [1.29, 1.82) is 0 Å². The van der Waals surface area contributed by atoms with E-state index in [0.717, 1.165) is 16.8 Å². The molecular formula is C20H21N7O. The first-order valence-corrected chi connectivity index (χ1v) is 9.15. The summed E-state index contributed by atoms with van der Waals surface area (Å²) in [6.07, 6.45) is 5.12. The Labute approximate surface area is 162 Å². The Morgan fingerprint density at radius 3 is 2.71 bits per heavy atom. The van der Waals surface area contributed by atoms with Crippen LogP contribution in [0.5, 0.6) is 0 Å². The summed E-state index contributed by atoms with van der Waals surface area (Å²) in [5.41, 5.74) is 3.38. The summed E-state index contributed by atoms with van der Waals surface area (Å²) < 4.78 is 3.52. The fraction of sp³-hybridized carbons (Fsp3) is 0.250. The molecule has 142 valence electrons. The van der Waals surface area contributed by atoms with Crippen LogP contribution >= 0.6 is 0 Å². The third-order valence-corrected chi connectivity index (χ3v) is 4.55. The van der Waals surface area contributed by atoms with Gasteiger partial charge >= 0.3 is 0 Å². The quantitative estimate of drug-likeness (QED) is 0.559. The lowest BCUT2D eigenvalue weighted by molar-refractivity contribution is 0.0945. The molecule has 0 saturated heterocycles. The lowest BCUT2D eigenvalue weighted by atomic mass is 10.1. The minimum atomic E-state index is -0.235. The molecule has 0 aliphatic rings. The third kappa shape index (κ3) is 3.62. The van der Waals surface area contributed by atoms with Crippen molar-refractivity contribution in [1.82, 2.24) is 34.7 Å². The number of fused-ring (bicyclic) bond motifs is 1. The summed E-state index contributed by atoms with van der Waals surface area (Å²) in [6.45, 7) is 5.15. The summed E-state index contributed by atoms with van der Waals surface area (Å²) in [5.74, 6) is 0.380. The van der Waals surface area contributed by atoms with Gasteiger partial charge in [-0.15, -0.1) is 0 Å². The SMILES string of the molecule is CC(C)c1cc(C(=O)NCc2ccccc2Cn2cccn2)nc2ncnn12. The van der Waals surface area contributed by atoms with Crippen LogP contribution in [0.1, 0.15) is 47.1 Å². The first-order chi connectivity index (χ1) is 13.6. The standard InChI is InChI=1S/C20H21N7O/c1-14(2)18-10-17(25-20-22-13-24-27(18)20)19(28)21-11-15-6-3-4-7-16(15)12-26-9-5-8-23-26/h3-10,13-14H,11-12H2,1-2H3,(H,21,28). The highest BCUT2D eigenvalue weighted by molar-refractivity contribution is 5.92. The number of amides is 1. The summed E-state index contributed by atoms with van der Waals surface area (Å²) in [5, 5.41) is 11.4. The zero-order valence-corrected chi connectivity index (χ0v) is 15.8. The molecule has 4 rings (SSSR count). The zero-order chi connectivity index (χ0) is 19.5. The molecule has 8 heteroatoms. The molecule has 28 heavy (non-hydrogen) atoms. The molecule has 3 aromatic heterocycles. The topological polar surface area (TPSA) is 90.0 Å². The molecule has 0 fully saturated rings. The van der Waals surface area contributed by atoms with Crippen molar-refractivity contribution in [3.05, 3.63) is 77.6 Å². The van der Waals surface area contributed by atoms with Crippen LogP contribution in [0.2, 0.25) is 0 Å². The zero-order valence-electron chi connectivity index (χ0n) is 15.8. The maximum atomic E-state index is 12.7. The Morgan fingerprint density at radius 1 is 1.14 bits per heavy atom. The van der Waals surface area contributed by atoms with Gasteiger partial charge in [0.15, 0.2) is 0 Å². The number of carbonyl (C=O) groups excluding carboxylic acids is 1. The van der Waals surface area contributed by atoms with Gasteiger partial charge in [0.2, 0.25) is 0 Å². The molecule has 0 aliphatic heterocycles. The van der Waals surface area contributed by atoms with Crippen LogP contribution in [-0.2, 0) is 13.1 Å². The van der Waals surface area contributed by atoms with Crippen molar-refractivity contribution in [3.63, 3.8) is 0 Å². The number of hydrogen-bond acceptors (Lipinski definition) is 5. The Bertz CT molecular complexity index is 1100. The van der Waals surface area contributed by atoms with Crippen molar-refractivity contribution >= 4 is 11.7 Å². The van der Waals surface area contributed by atoms with Crippen LogP contribution in [0.15, 0.2) is 55.1 Å². The first kappa shape index (κ1) is 17.8. The Balaban J connectivity index is 1.53. The summed E-state index contributed by atoms with van der Waals surface area (Å²) in [6, 6.07) is 11.7. The van der Waals surface area contributed by atoms with Crippen LogP contribution in [0.4, 0.5) is 0 Å². The van der Waals surface area contributed by atoms with Crippen LogP contribution in [-0.4, -0.2) is 35.3 Å². The molecule has 0 spiro atoms. The van der Waals surface area contributed by atoms with Crippen LogP contribution in [0.3, 0.4) is 0 Å². The van der Waals surface area contributed by atoms with Gasteiger partial charge in [0, 0.05) is 18.9 Å². The van der Waals surface area contributed by atoms with E-state index in [9.17, 15) is 4.79 Å². The number of nitrogens with one attached hydrogen (secondary N) is 1. The smallest absolute Gasteiger partial charge is 0.270 e. The number of rotatable bonds is 6. The molecule has 4 aromatic rings. The molecule has 0 aliphatic carbocycles. The second-order valence-corrected chi connectivity index (χ2v) is 6.85. The van der Waals surface area contributed by atoms with Gasteiger partial charge in [-0.2, -0.15) is 15.2 Å². The molecule has 1 aromatic carbocycles. The second kappa shape index (κ2) is 7.59. The van der Waals surface area contributed by atoms with Gasteiger partial charge in [-0.3, -0.25) is 9.48 Å². The molecule has 8 nitrogen and oxygen atoms in total. The van der Waals surface area contributed by atoms with Crippen LogP contribution in [0, 0.1) is 0 Å². The van der Waals surface area contributed by atoms with Crippen LogP contribution in [0.25, 0.3) is 5.78 Å². The lowest BCUT2D eigenvalue weighted by Gasteiger charge is -2.12. The van der Waals surface area contributed by atoms with Crippen molar-refractivity contribution in [2.75, 3.05) is 0 Å². The van der Waals surface area contributed by atoms with Gasteiger partial charge in [-0.1, -0.05) is 38.1 Å². The molecular weight excluding hydrogens is 354 g/mol. The van der Waals surface area contributed by atoms with E-state index < -0.39 is 0 Å². The predicted octanol–water partition coefficient (Wildman–Crippen LogP) is 2.42. The minimum Gasteiger partial charge on any atom is -0.347 e. The van der Waals surface area contributed by atoms with Gasteiger partial charge in [-0.05, 0) is 29.2 Å². The number of nitrogens with zero attached hydrogens (tertiary/aromatic N) is 6. The normalized spacial score (nSPS) is 11.2. The summed E-state index contributed by atoms with van der Waals surface area (Å²) >= 11 is 0. The van der Waals surface area contributed by atoms with E-state index in [1.807, 2.05) is 55.1 Å². The average molecular weight is 375 g/mol. The van der Waals surface area contributed by atoms with Gasteiger partial charge in [0.05, 0.1) is 12.2 Å². The highest BCUT2D eigenvalue weighted by atomic mass is 16.1. The minimum absolute atomic E-state index is 0.188. The Kier molecular flexibility index (Phi) is 4.84. The lowest BCUT2D eigenvalue weighted by Crippen LogP contribution is -2.25. The summed E-state index contributed by atoms with van der Waals surface area (Å²) in [4.78, 5) is 21.2. The van der Waals surface area contributed by atoms with E-state index in [2.05, 4.69) is 25.5 Å². The summed E-state index contributed by atoms with van der Waals surface area (Å²) in [7, 11) is 0. The Morgan fingerprint density at radius 2 is 1.96 bits per heavy atom. The van der Waals surface area contributed by atoms with E-state index in [1.165, 1.54) is 6.33 Å². The van der Waals surface area contributed by atoms with Gasteiger partial charge in [0.1, 0.15) is 12.0 Å². The van der Waals surface area contributed by atoms with E-state index in [1.54, 1.807) is 16.8 Å². The molecule has 0 bridgehead atoms. The molecule has 0 radical (unpaired) electrons. The first-order valence-electron chi connectivity index (χ1n) is 9.15.